The van der Waals surface area contributed by atoms with E-state index in [1.165, 1.54) is 11.1 Å². The van der Waals surface area contributed by atoms with Gasteiger partial charge in [-0.25, -0.2) is 0 Å². The summed E-state index contributed by atoms with van der Waals surface area (Å²) in [5.74, 6) is 0.227. The molecule has 1 unspecified atom stereocenters. The molecule has 1 amide bonds. The molecular weight excluding hydrogens is 294 g/mol. The van der Waals surface area contributed by atoms with E-state index >= 15 is 0 Å². The van der Waals surface area contributed by atoms with E-state index in [2.05, 4.69) is 76.2 Å². The quantitative estimate of drug-likeness (QED) is 0.750. The minimum Gasteiger partial charge on any atom is -0.307 e. The zero-order chi connectivity index (χ0) is 17.4. The Kier molecular flexibility index (Phi) is 4.25. The molecule has 0 aliphatic carbocycles. The number of nitrogens with zero attached hydrogens (tertiary/aromatic N) is 1. The van der Waals surface area contributed by atoms with E-state index in [0.717, 1.165) is 18.5 Å². The molecule has 0 fully saturated rings. The van der Waals surface area contributed by atoms with E-state index in [0.29, 0.717) is 6.42 Å². The van der Waals surface area contributed by atoms with Crippen LogP contribution in [-0.4, -0.2) is 11.4 Å². The van der Waals surface area contributed by atoms with Gasteiger partial charge < -0.3 is 4.90 Å². The summed E-state index contributed by atoms with van der Waals surface area (Å²) >= 11 is 0. The summed E-state index contributed by atoms with van der Waals surface area (Å²) in [7, 11) is 0. The lowest BCUT2D eigenvalue weighted by Gasteiger charge is -2.51. The van der Waals surface area contributed by atoms with E-state index in [1.54, 1.807) is 0 Å². The summed E-state index contributed by atoms with van der Waals surface area (Å²) in [5, 5.41) is 0. The highest BCUT2D eigenvalue weighted by Crippen LogP contribution is 2.50. The molecule has 0 spiro atoms. The lowest BCUT2D eigenvalue weighted by Crippen LogP contribution is -2.55. The number of hydrogen-bond donors (Lipinski definition) is 0. The molecule has 0 saturated carbocycles. The predicted octanol–water partition coefficient (Wildman–Crippen LogP) is 5.31. The van der Waals surface area contributed by atoms with E-state index in [9.17, 15) is 4.79 Å². The lowest BCUT2D eigenvalue weighted by molar-refractivity contribution is -0.120. The van der Waals surface area contributed by atoms with Crippen LogP contribution in [0, 0.1) is 0 Å². The van der Waals surface area contributed by atoms with E-state index in [-0.39, 0.29) is 16.9 Å². The minimum absolute atomic E-state index is 0.0929. The van der Waals surface area contributed by atoms with Crippen molar-refractivity contribution >= 4 is 11.6 Å². The molecule has 0 radical (unpaired) electrons. The van der Waals surface area contributed by atoms with E-state index < -0.39 is 0 Å². The van der Waals surface area contributed by atoms with Gasteiger partial charge >= 0.3 is 0 Å². The van der Waals surface area contributed by atoms with Crippen LogP contribution in [0.2, 0.25) is 0 Å². The average Bonchev–Trinajstić information content (AvgIpc) is 2.55. The fourth-order valence-corrected chi connectivity index (χ4v) is 4.36. The van der Waals surface area contributed by atoms with Gasteiger partial charge in [0.15, 0.2) is 0 Å². The van der Waals surface area contributed by atoms with Crippen LogP contribution >= 0.6 is 0 Å². The van der Waals surface area contributed by atoms with Crippen LogP contribution in [0.5, 0.6) is 0 Å². The van der Waals surface area contributed by atoms with Gasteiger partial charge in [-0.3, -0.25) is 4.79 Å². The van der Waals surface area contributed by atoms with Crippen molar-refractivity contribution in [2.75, 3.05) is 4.90 Å². The molecule has 2 aromatic rings. The molecule has 126 valence electrons. The number of amides is 1. The number of carbonyl (C=O) groups is 1. The topological polar surface area (TPSA) is 20.3 Å². The van der Waals surface area contributed by atoms with Crippen molar-refractivity contribution in [1.29, 1.82) is 0 Å². The zero-order valence-electron chi connectivity index (χ0n) is 15.2. The Balaban J connectivity index is 2.19. The third-order valence-electron chi connectivity index (χ3n) is 5.26. The van der Waals surface area contributed by atoms with E-state index in [4.69, 9.17) is 0 Å². The molecule has 0 saturated heterocycles. The van der Waals surface area contributed by atoms with Crippen LogP contribution in [0.1, 0.15) is 58.1 Å². The molecule has 0 aromatic heterocycles. The Morgan fingerprint density at radius 2 is 1.62 bits per heavy atom. The van der Waals surface area contributed by atoms with E-state index in [1.807, 2.05) is 11.0 Å². The largest absolute Gasteiger partial charge is 0.307 e. The second-order valence-corrected chi connectivity index (χ2v) is 7.68. The molecule has 1 heterocycles. The maximum Gasteiger partial charge on any atom is 0.227 e. The van der Waals surface area contributed by atoms with Gasteiger partial charge in [-0.1, -0.05) is 62.4 Å². The standard InChI is InChI=1S/C22H27NO/c1-5-11-20(24)23-19-15-10-9-14-18(19)22(4,16-21(23,2)3)17-12-7-6-8-13-17/h6-10,12-15H,5,11,16H2,1-4H3. The fraction of sp³-hybridized carbons (Fsp3) is 0.409. The number of para-hydroxylation sites is 1. The smallest absolute Gasteiger partial charge is 0.227 e. The number of benzene rings is 2. The van der Waals surface area contributed by atoms with Crippen molar-refractivity contribution < 1.29 is 4.79 Å². The Morgan fingerprint density at radius 1 is 1.00 bits per heavy atom. The second kappa shape index (κ2) is 6.08. The molecule has 2 aromatic carbocycles. The van der Waals surface area contributed by atoms with Crippen LogP contribution < -0.4 is 4.90 Å². The highest BCUT2D eigenvalue weighted by Gasteiger charge is 2.47. The van der Waals surface area contributed by atoms with Gasteiger partial charge in [0.1, 0.15) is 0 Å². The normalized spacial score (nSPS) is 22.1. The lowest BCUT2D eigenvalue weighted by atomic mass is 9.65. The van der Waals surface area contributed by atoms with Crippen LogP contribution in [0.25, 0.3) is 0 Å². The van der Waals surface area contributed by atoms with Gasteiger partial charge in [0.05, 0.1) is 0 Å². The van der Waals surface area contributed by atoms with Crippen LogP contribution in [0.3, 0.4) is 0 Å². The Labute approximate surface area is 145 Å². The Hall–Kier alpha value is -2.09. The average molecular weight is 321 g/mol. The predicted molar refractivity (Wildman–Crippen MR) is 100 cm³/mol. The molecule has 0 bridgehead atoms. The Morgan fingerprint density at radius 3 is 2.29 bits per heavy atom. The molecular formula is C22H27NO. The zero-order valence-corrected chi connectivity index (χ0v) is 15.2. The van der Waals surface area contributed by atoms with Gasteiger partial charge in [0, 0.05) is 23.1 Å². The van der Waals surface area contributed by atoms with Crippen LogP contribution in [-0.2, 0) is 10.2 Å². The molecule has 3 rings (SSSR count). The first-order valence-electron chi connectivity index (χ1n) is 8.88. The second-order valence-electron chi connectivity index (χ2n) is 7.68. The van der Waals surface area contributed by atoms with Gasteiger partial charge in [-0.2, -0.15) is 0 Å². The van der Waals surface area contributed by atoms with Gasteiger partial charge in [0.2, 0.25) is 5.91 Å². The molecule has 1 aliphatic rings. The Bertz CT molecular complexity index is 735. The molecule has 1 aliphatic heterocycles. The monoisotopic (exact) mass is 321 g/mol. The highest BCUT2D eigenvalue weighted by atomic mass is 16.2. The molecule has 2 nitrogen and oxygen atoms in total. The first-order chi connectivity index (χ1) is 11.4. The number of carbonyl (C=O) groups excluding carboxylic acids is 1. The van der Waals surface area contributed by atoms with Crippen LogP contribution in [0.4, 0.5) is 5.69 Å². The highest BCUT2D eigenvalue weighted by molar-refractivity contribution is 5.96. The van der Waals surface area contributed by atoms with Crippen molar-refractivity contribution in [3.8, 4) is 0 Å². The van der Waals surface area contributed by atoms with Crippen molar-refractivity contribution in [3.63, 3.8) is 0 Å². The van der Waals surface area contributed by atoms with Crippen LogP contribution in [0.15, 0.2) is 54.6 Å². The van der Waals surface area contributed by atoms with Gasteiger partial charge in [-0.05, 0) is 43.9 Å². The summed E-state index contributed by atoms with van der Waals surface area (Å²) < 4.78 is 0. The number of fused-ring (bicyclic) bond motifs is 1. The van der Waals surface area contributed by atoms with Crippen molar-refractivity contribution in [2.45, 2.75) is 57.9 Å². The molecule has 2 heteroatoms. The maximum atomic E-state index is 12.8. The van der Waals surface area contributed by atoms with Gasteiger partial charge in [0.25, 0.3) is 0 Å². The van der Waals surface area contributed by atoms with Crippen molar-refractivity contribution in [2.24, 2.45) is 0 Å². The first kappa shape index (κ1) is 16.8. The summed E-state index contributed by atoms with van der Waals surface area (Å²) in [4.78, 5) is 14.9. The molecule has 0 N–H and O–H groups in total. The number of rotatable bonds is 3. The maximum absolute atomic E-state index is 12.8. The van der Waals surface area contributed by atoms with Crippen molar-refractivity contribution in [3.05, 3.63) is 65.7 Å². The number of hydrogen-bond acceptors (Lipinski definition) is 1. The van der Waals surface area contributed by atoms with Gasteiger partial charge in [-0.15, -0.1) is 0 Å². The summed E-state index contributed by atoms with van der Waals surface area (Å²) in [6.45, 7) is 8.76. The molecule has 24 heavy (non-hydrogen) atoms. The summed E-state index contributed by atoms with van der Waals surface area (Å²) in [6.07, 6.45) is 2.39. The minimum atomic E-state index is -0.217. The first-order valence-corrected chi connectivity index (χ1v) is 8.88. The summed E-state index contributed by atoms with van der Waals surface area (Å²) in [6, 6.07) is 19.1. The fourth-order valence-electron chi connectivity index (χ4n) is 4.36. The third kappa shape index (κ3) is 2.64. The number of anilines is 1. The third-order valence-corrected chi connectivity index (χ3v) is 5.26. The molecule has 1 atom stereocenters. The summed E-state index contributed by atoms with van der Waals surface area (Å²) in [5.41, 5.74) is 3.32. The SMILES string of the molecule is CCCC(=O)N1c2ccccc2C(C)(c2ccccc2)CC1(C)C. The van der Waals surface area contributed by atoms with Crippen molar-refractivity contribution in [1.82, 2.24) is 0 Å².